The highest BCUT2D eigenvalue weighted by Crippen LogP contribution is 2.19. The molecule has 9 heteroatoms. The van der Waals surface area contributed by atoms with Crippen molar-refractivity contribution in [3.05, 3.63) is 72.6 Å². The number of rotatable bonds is 4. The van der Waals surface area contributed by atoms with Gasteiger partial charge in [-0.05, 0) is 36.4 Å². The molecule has 1 aliphatic rings. The summed E-state index contributed by atoms with van der Waals surface area (Å²) in [5, 5.41) is 3.36. The SMILES string of the molecule is CC.O=C(Nc1cnc(N2CCN(c3ccccn3)CC2)cn1)c1cc2cc(F)ccc2[nH]1. The summed E-state index contributed by atoms with van der Waals surface area (Å²) in [5.41, 5.74) is 1.02. The molecule has 1 amide bonds. The maximum atomic E-state index is 13.4. The van der Waals surface area contributed by atoms with Gasteiger partial charge >= 0.3 is 0 Å². The number of nitrogens with one attached hydrogen (secondary N) is 2. The predicted octanol–water partition coefficient (Wildman–Crippen LogP) is 4.10. The lowest BCUT2D eigenvalue weighted by atomic mass is 10.2. The standard InChI is InChI=1S/C22H20FN7O.C2H6/c23-16-4-5-17-15(11-16)12-18(27-17)22(31)28-19-13-26-21(14-25-19)30-9-7-29(8-10-30)20-3-1-2-6-24-20;1-2/h1-6,11-14,27H,7-10H2,(H,25,28,31);1-2H3. The zero-order valence-electron chi connectivity index (χ0n) is 18.6. The largest absolute Gasteiger partial charge is 0.353 e. The zero-order valence-corrected chi connectivity index (χ0v) is 18.6. The first-order valence-electron chi connectivity index (χ1n) is 11.0. The van der Waals surface area contributed by atoms with Crippen LogP contribution in [-0.2, 0) is 0 Å². The van der Waals surface area contributed by atoms with E-state index in [-0.39, 0.29) is 11.7 Å². The number of H-pyrrole nitrogens is 1. The number of amides is 1. The van der Waals surface area contributed by atoms with Crippen molar-refractivity contribution in [1.82, 2.24) is 19.9 Å². The van der Waals surface area contributed by atoms with E-state index in [1.807, 2.05) is 32.0 Å². The predicted molar refractivity (Wildman–Crippen MR) is 128 cm³/mol. The van der Waals surface area contributed by atoms with Crippen molar-refractivity contribution < 1.29 is 9.18 Å². The number of benzene rings is 1. The first kappa shape index (κ1) is 22.2. The summed E-state index contributed by atoms with van der Waals surface area (Å²) >= 11 is 0. The third-order valence-corrected chi connectivity index (χ3v) is 5.28. The zero-order chi connectivity index (χ0) is 23.2. The highest BCUT2D eigenvalue weighted by Gasteiger charge is 2.19. The fourth-order valence-electron chi connectivity index (χ4n) is 3.66. The van der Waals surface area contributed by atoms with E-state index in [1.165, 1.54) is 12.1 Å². The fourth-order valence-corrected chi connectivity index (χ4v) is 3.66. The van der Waals surface area contributed by atoms with Crippen LogP contribution in [0.15, 0.2) is 61.1 Å². The lowest BCUT2D eigenvalue weighted by Crippen LogP contribution is -2.47. The Kier molecular flexibility index (Phi) is 6.77. The fraction of sp³-hybridized carbons (Fsp3) is 0.250. The lowest BCUT2D eigenvalue weighted by molar-refractivity contribution is 0.102. The van der Waals surface area contributed by atoms with E-state index >= 15 is 0 Å². The van der Waals surface area contributed by atoms with Crippen LogP contribution in [0.2, 0.25) is 0 Å². The molecule has 2 N–H and O–H groups in total. The minimum atomic E-state index is -0.359. The van der Waals surface area contributed by atoms with Gasteiger partial charge in [0.25, 0.3) is 5.91 Å². The van der Waals surface area contributed by atoms with E-state index in [0.29, 0.717) is 22.4 Å². The summed E-state index contributed by atoms with van der Waals surface area (Å²) in [5.74, 6) is 1.39. The van der Waals surface area contributed by atoms with Gasteiger partial charge in [-0.2, -0.15) is 0 Å². The van der Waals surface area contributed by atoms with Crippen LogP contribution in [0.5, 0.6) is 0 Å². The third kappa shape index (κ3) is 5.08. The Bertz CT molecular complexity index is 1200. The maximum absolute atomic E-state index is 13.4. The Morgan fingerprint density at radius 2 is 1.70 bits per heavy atom. The number of piperazine rings is 1. The maximum Gasteiger partial charge on any atom is 0.273 e. The molecule has 5 rings (SSSR count). The molecular formula is C24H26FN7O. The van der Waals surface area contributed by atoms with Gasteiger partial charge < -0.3 is 20.1 Å². The topological polar surface area (TPSA) is 90.0 Å². The van der Waals surface area contributed by atoms with Crippen LogP contribution in [0, 0.1) is 5.82 Å². The van der Waals surface area contributed by atoms with E-state index in [9.17, 15) is 9.18 Å². The average Bonchev–Trinajstić information content (AvgIpc) is 3.30. The Balaban J connectivity index is 0.00000126. The van der Waals surface area contributed by atoms with Gasteiger partial charge in [0, 0.05) is 43.3 Å². The summed E-state index contributed by atoms with van der Waals surface area (Å²) in [6.07, 6.45) is 5.00. The number of carbonyl (C=O) groups is 1. The molecule has 3 aromatic heterocycles. The number of halogens is 1. The van der Waals surface area contributed by atoms with Gasteiger partial charge in [0.15, 0.2) is 5.82 Å². The molecule has 4 aromatic rings. The number of pyridine rings is 1. The van der Waals surface area contributed by atoms with Crippen LogP contribution in [0.3, 0.4) is 0 Å². The number of aromatic amines is 1. The number of nitrogens with zero attached hydrogens (tertiary/aromatic N) is 5. The smallest absolute Gasteiger partial charge is 0.273 e. The number of carbonyl (C=O) groups excluding carboxylic acids is 1. The van der Waals surface area contributed by atoms with E-state index in [0.717, 1.165) is 37.8 Å². The summed E-state index contributed by atoms with van der Waals surface area (Å²) in [6, 6.07) is 11.8. The number of aromatic nitrogens is 4. The number of fused-ring (bicyclic) bond motifs is 1. The number of hydrogen-bond donors (Lipinski definition) is 2. The van der Waals surface area contributed by atoms with E-state index in [2.05, 4.69) is 35.1 Å². The molecule has 0 atom stereocenters. The Morgan fingerprint density at radius 1 is 0.939 bits per heavy atom. The monoisotopic (exact) mass is 447 g/mol. The second-order valence-corrected chi connectivity index (χ2v) is 7.29. The second-order valence-electron chi connectivity index (χ2n) is 7.29. The van der Waals surface area contributed by atoms with Gasteiger partial charge in [-0.3, -0.25) is 4.79 Å². The van der Waals surface area contributed by atoms with Gasteiger partial charge in [-0.1, -0.05) is 19.9 Å². The van der Waals surface area contributed by atoms with Crippen LogP contribution >= 0.6 is 0 Å². The Morgan fingerprint density at radius 3 is 2.36 bits per heavy atom. The van der Waals surface area contributed by atoms with Crippen LogP contribution in [-0.4, -0.2) is 52.0 Å². The van der Waals surface area contributed by atoms with Crippen LogP contribution in [0.4, 0.5) is 21.8 Å². The van der Waals surface area contributed by atoms with Gasteiger partial charge in [0.1, 0.15) is 23.1 Å². The first-order chi connectivity index (χ1) is 16.2. The molecule has 1 aliphatic heterocycles. The van der Waals surface area contributed by atoms with E-state index in [4.69, 9.17) is 0 Å². The van der Waals surface area contributed by atoms with Gasteiger partial charge in [0.05, 0.1) is 12.4 Å². The molecular weight excluding hydrogens is 421 g/mol. The molecule has 8 nitrogen and oxygen atoms in total. The van der Waals surface area contributed by atoms with Crippen molar-refractivity contribution in [3.8, 4) is 0 Å². The second kappa shape index (κ2) is 10.1. The average molecular weight is 448 g/mol. The molecule has 0 radical (unpaired) electrons. The van der Waals surface area contributed by atoms with E-state index in [1.54, 1.807) is 30.7 Å². The summed E-state index contributed by atoms with van der Waals surface area (Å²) < 4.78 is 13.4. The molecule has 4 heterocycles. The molecule has 0 unspecified atom stereocenters. The summed E-state index contributed by atoms with van der Waals surface area (Å²) in [4.78, 5) is 33.1. The van der Waals surface area contributed by atoms with Crippen molar-refractivity contribution in [1.29, 1.82) is 0 Å². The van der Waals surface area contributed by atoms with Gasteiger partial charge in [-0.15, -0.1) is 0 Å². The summed E-state index contributed by atoms with van der Waals surface area (Å²) in [6.45, 7) is 7.31. The number of hydrogen-bond acceptors (Lipinski definition) is 6. The van der Waals surface area contributed by atoms with Crippen LogP contribution < -0.4 is 15.1 Å². The molecule has 33 heavy (non-hydrogen) atoms. The lowest BCUT2D eigenvalue weighted by Gasteiger charge is -2.35. The number of anilines is 3. The first-order valence-corrected chi connectivity index (χ1v) is 11.0. The third-order valence-electron chi connectivity index (χ3n) is 5.28. The van der Waals surface area contributed by atoms with Crippen molar-refractivity contribution in [2.45, 2.75) is 13.8 Å². The highest BCUT2D eigenvalue weighted by atomic mass is 19.1. The van der Waals surface area contributed by atoms with Gasteiger partial charge in [0.2, 0.25) is 0 Å². The van der Waals surface area contributed by atoms with E-state index < -0.39 is 0 Å². The van der Waals surface area contributed by atoms with Crippen molar-refractivity contribution in [2.75, 3.05) is 41.3 Å². The Labute approximate surface area is 191 Å². The summed E-state index contributed by atoms with van der Waals surface area (Å²) in [7, 11) is 0. The van der Waals surface area contributed by atoms with Crippen molar-refractivity contribution in [3.63, 3.8) is 0 Å². The normalized spacial score (nSPS) is 13.4. The van der Waals surface area contributed by atoms with Crippen LogP contribution in [0.25, 0.3) is 10.9 Å². The molecule has 1 fully saturated rings. The molecule has 0 spiro atoms. The molecule has 0 saturated carbocycles. The Hall–Kier alpha value is -4.01. The van der Waals surface area contributed by atoms with Crippen molar-refractivity contribution in [2.24, 2.45) is 0 Å². The van der Waals surface area contributed by atoms with Gasteiger partial charge in [-0.25, -0.2) is 19.3 Å². The van der Waals surface area contributed by atoms with Crippen molar-refractivity contribution >= 4 is 34.3 Å². The minimum absolute atomic E-state index is 0.331. The minimum Gasteiger partial charge on any atom is -0.353 e. The van der Waals surface area contributed by atoms with Crippen LogP contribution in [0.1, 0.15) is 24.3 Å². The molecule has 170 valence electrons. The molecule has 1 aromatic carbocycles. The molecule has 1 saturated heterocycles. The quantitative estimate of drug-likeness (QED) is 0.490. The highest BCUT2D eigenvalue weighted by molar-refractivity contribution is 6.05. The molecule has 0 aliphatic carbocycles. The molecule has 0 bridgehead atoms.